The summed E-state index contributed by atoms with van der Waals surface area (Å²) >= 11 is 0. The number of fused-ring (bicyclic) bond motifs is 1. The van der Waals surface area contributed by atoms with Gasteiger partial charge in [-0.2, -0.15) is 18.3 Å². The van der Waals surface area contributed by atoms with Crippen LogP contribution in [0.4, 0.5) is 18.9 Å². The number of amides is 1. The highest BCUT2D eigenvalue weighted by Gasteiger charge is 2.31. The van der Waals surface area contributed by atoms with Crippen LogP contribution in [-0.4, -0.2) is 28.0 Å². The maximum absolute atomic E-state index is 13.4. The molecule has 0 saturated carbocycles. The lowest BCUT2D eigenvalue weighted by molar-refractivity contribution is -0.137. The fraction of sp³-hybridized carbons (Fsp3) is 0.179. The van der Waals surface area contributed by atoms with Crippen molar-refractivity contribution >= 4 is 28.3 Å². The van der Waals surface area contributed by atoms with Crippen LogP contribution in [0.25, 0.3) is 10.9 Å². The van der Waals surface area contributed by atoms with E-state index in [0.29, 0.717) is 41.2 Å². The number of benzene rings is 3. The Bertz CT molecular complexity index is 1490. The van der Waals surface area contributed by atoms with E-state index in [4.69, 9.17) is 4.99 Å². The standard InChI is InChI=1S/C28H24F3N5O/c1-17-25(27(37)34-22-12-14-23-20(15-22)16-32-36-23)24(13-7-18-5-3-2-4-6-18)35-26(33-17)19-8-10-21(11-9-19)28(29,30)31/h2-6,8-12,14-16,24H,7,13H2,1H3,(H,32,36)(H,33,35)(H,34,37). The first kappa shape index (κ1) is 24.3. The number of aromatic nitrogens is 2. The summed E-state index contributed by atoms with van der Waals surface area (Å²) in [5.41, 5.74) is 3.47. The van der Waals surface area contributed by atoms with Crippen molar-refractivity contribution in [3.05, 3.63) is 107 Å². The van der Waals surface area contributed by atoms with Crippen LogP contribution in [0.5, 0.6) is 0 Å². The molecular weight excluding hydrogens is 479 g/mol. The molecule has 1 aliphatic heterocycles. The number of aryl methyl sites for hydroxylation is 1. The molecule has 0 saturated heterocycles. The Hall–Kier alpha value is -4.40. The number of allylic oxidation sites excluding steroid dienone is 1. The van der Waals surface area contributed by atoms with E-state index in [2.05, 4.69) is 20.8 Å². The summed E-state index contributed by atoms with van der Waals surface area (Å²) in [5.74, 6) is 0.141. The van der Waals surface area contributed by atoms with Gasteiger partial charge in [-0.05, 0) is 55.7 Å². The van der Waals surface area contributed by atoms with Crippen molar-refractivity contribution in [2.75, 3.05) is 5.32 Å². The van der Waals surface area contributed by atoms with Crippen LogP contribution in [0.15, 0.2) is 95.3 Å². The van der Waals surface area contributed by atoms with Crippen molar-refractivity contribution in [1.82, 2.24) is 15.5 Å². The Labute approximate surface area is 211 Å². The fourth-order valence-electron chi connectivity index (χ4n) is 4.41. The van der Waals surface area contributed by atoms with E-state index in [-0.39, 0.29) is 5.91 Å². The van der Waals surface area contributed by atoms with Crippen molar-refractivity contribution in [3.63, 3.8) is 0 Å². The Kier molecular flexibility index (Phi) is 6.52. The van der Waals surface area contributed by atoms with Crippen LogP contribution < -0.4 is 10.6 Å². The lowest BCUT2D eigenvalue weighted by Crippen LogP contribution is -2.37. The number of alkyl halides is 3. The number of amidine groups is 1. The van der Waals surface area contributed by atoms with Gasteiger partial charge in [-0.15, -0.1) is 0 Å². The van der Waals surface area contributed by atoms with E-state index in [0.717, 1.165) is 28.6 Å². The Balaban J connectivity index is 1.43. The average molecular weight is 504 g/mol. The van der Waals surface area contributed by atoms with Crippen LogP contribution in [0.2, 0.25) is 0 Å². The Morgan fingerprint density at radius 2 is 1.78 bits per heavy atom. The third-order valence-electron chi connectivity index (χ3n) is 6.31. The second-order valence-corrected chi connectivity index (χ2v) is 8.88. The third-order valence-corrected chi connectivity index (χ3v) is 6.31. The van der Waals surface area contributed by atoms with Gasteiger partial charge in [0.2, 0.25) is 0 Å². The molecular formula is C28H24F3N5O. The average Bonchev–Trinajstić information content (AvgIpc) is 3.35. The van der Waals surface area contributed by atoms with Crippen molar-refractivity contribution in [2.24, 2.45) is 4.99 Å². The maximum Gasteiger partial charge on any atom is 0.416 e. The van der Waals surface area contributed by atoms with E-state index in [1.165, 1.54) is 12.1 Å². The van der Waals surface area contributed by atoms with Crippen molar-refractivity contribution in [1.29, 1.82) is 0 Å². The van der Waals surface area contributed by atoms with Gasteiger partial charge < -0.3 is 10.6 Å². The largest absolute Gasteiger partial charge is 0.416 e. The molecule has 2 heterocycles. The molecule has 0 fully saturated rings. The molecule has 4 aromatic rings. The minimum Gasteiger partial charge on any atom is -0.343 e. The normalized spacial score (nSPS) is 15.9. The molecule has 9 heteroatoms. The van der Waals surface area contributed by atoms with Gasteiger partial charge in [0.15, 0.2) is 0 Å². The zero-order valence-electron chi connectivity index (χ0n) is 19.9. The zero-order chi connectivity index (χ0) is 26.0. The second-order valence-electron chi connectivity index (χ2n) is 8.88. The number of hydrogen-bond acceptors (Lipinski definition) is 4. The predicted octanol–water partition coefficient (Wildman–Crippen LogP) is 5.85. The summed E-state index contributed by atoms with van der Waals surface area (Å²) in [5, 5.41) is 13.8. The zero-order valence-corrected chi connectivity index (χ0v) is 19.9. The topological polar surface area (TPSA) is 82.2 Å². The first-order valence-corrected chi connectivity index (χ1v) is 11.8. The van der Waals surface area contributed by atoms with Gasteiger partial charge in [0.1, 0.15) is 5.84 Å². The van der Waals surface area contributed by atoms with Crippen molar-refractivity contribution in [2.45, 2.75) is 32.0 Å². The Morgan fingerprint density at radius 3 is 2.51 bits per heavy atom. The number of halogens is 3. The molecule has 0 radical (unpaired) electrons. The predicted molar refractivity (Wildman–Crippen MR) is 137 cm³/mol. The van der Waals surface area contributed by atoms with Gasteiger partial charge in [-0.1, -0.05) is 42.5 Å². The summed E-state index contributed by atoms with van der Waals surface area (Å²) in [6, 6.07) is 19.7. The third kappa shape index (κ3) is 5.40. The molecule has 188 valence electrons. The quantitative estimate of drug-likeness (QED) is 0.309. The summed E-state index contributed by atoms with van der Waals surface area (Å²) in [4.78, 5) is 18.2. The van der Waals surface area contributed by atoms with E-state index < -0.39 is 17.8 Å². The van der Waals surface area contributed by atoms with Crippen molar-refractivity contribution in [3.8, 4) is 0 Å². The molecule has 5 rings (SSSR count). The molecule has 1 unspecified atom stereocenters. The number of H-pyrrole nitrogens is 1. The number of nitrogens with zero attached hydrogens (tertiary/aromatic N) is 2. The molecule has 3 aromatic carbocycles. The highest BCUT2D eigenvalue weighted by atomic mass is 19.4. The molecule has 1 aliphatic rings. The van der Waals surface area contributed by atoms with Crippen LogP contribution in [-0.2, 0) is 17.4 Å². The minimum atomic E-state index is -4.42. The fourth-order valence-corrected chi connectivity index (χ4v) is 4.41. The van der Waals surface area contributed by atoms with Gasteiger partial charge in [0.25, 0.3) is 5.91 Å². The minimum absolute atomic E-state index is 0.291. The molecule has 1 amide bonds. The van der Waals surface area contributed by atoms with Gasteiger partial charge >= 0.3 is 6.18 Å². The molecule has 0 spiro atoms. The Morgan fingerprint density at radius 1 is 1.03 bits per heavy atom. The van der Waals surface area contributed by atoms with E-state index >= 15 is 0 Å². The first-order valence-electron chi connectivity index (χ1n) is 11.8. The molecule has 37 heavy (non-hydrogen) atoms. The molecule has 1 atom stereocenters. The molecule has 0 bridgehead atoms. The van der Waals surface area contributed by atoms with Gasteiger partial charge in [0.05, 0.1) is 28.9 Å². The van der Waals surface area contributed by atoms with E-state index in [1.54, 1.807) is 19.2 Å². The summed E-state index contributed by atoms with van der Waals surface area (Å²) in [6.07, 6.45) is -1.50. The van der Waals surface area contributed by atoms with E-state index in [1.807, 2.05) is 42.5 Å². The maximum atomic E-state index is 13.4. The highest BCUT2D eigenvalue weighted by molar-refractivity contribution is 6.09. The number of hydrogen-bond donors (Lipinski definition) is 3. The number of aliphatic imine (C=N–C) groups is 1. The van der Waals surface area contributed by atoms with Crippen LogP contribution in [0.3, 0.4) is 0 Å². The van der Waals surface area contributed by atoms with Gasteiger partial charge in [-0.3, -0.25) is 14.9 Å². The highest BCUT2D eigenvalue weighted by Crippen LogP contribution is 2.30. The number of aromatic amines is 1. The van der Waals surface area contributed by atoms with Crippen LogP contribution in [0, 0.1) is 0 Å². The summed E-state index contributed by atoms with van der Waals surface area (Å²) in [7, 11) is 0. The smallest absolute Gasteiger partial charge is 0.343 e. The van der Waals surface area contributed by atoms with Crippen LogP contribution >= 0.6 is 0 Å². The van der Waals surface area contributed by atoms with Gasteiger partial charge in [0, 0.05) is 22.3 Å². The molecule has 1 aromatic heterocycles. The number of carbonyl (C=O) groups excluding carboxylic acids is 1. The monoisotopic (exact) mass is 503 g/mol. The molecule has 6 nitrogen and oxygen atoms in total. The second kappa shape index (κ2) is 9.93. The summed E-state index contributed by atoms with van der Waals surface area (Å²) < 4.78 is 39.1. The summed E-state index contributed by atoms with van der Waals surface area (Å²) in [6.45, 7) is 1.78. The van der Waals surface area contributed by atoms with Gasteiger partial charge in [-0.25, -0.2) is 0 Å². The number of nitrogens with one attached hydrogen (secondary N) is 3. The first-order chi connectivity index (χ1) is 17.8. The number of rotatable bonds is 6. The lowest BCUT2D eigenvalue weighted by Gasteiger charge is -2.27. The molecule has 0 aliphatic carbocycles. The lowest BCUT2D eigenvalue weighted by atomic mass is 9.95. The number of carbonyl (C=O) groups is 1. The van der Waals surface area contributed by atoms with E-state index in [9.17, 15) is 18.0 Å². The SMILES string of the molecule is CC1=C(C(=O)Nc2ccc3[nH]ncc3c2)C(CCc2ccccc2)N=C(c2ccc(C(F)(F)F)cc2)N1. The molecule has 3 N–H and O–H groups in total. The number of anilines is 1. The van der Waals surface area contributed by atoms with Crippen molar-refractivity contribution < 1.29 is 18.0 Å². The van der Waals surface area contributed by atoms with Crippen LogP contribution in [0.1, 0.15) is 30.0 Å².